The molecule has 230 valence electrons. The zero-order valence-corrected chi connectivity index (χ0v) is 24.6. The monoisotopic (exact) mass is 648 g/mol. The lowest BCUT2D eigenvalue weighted by Gasteiger charge is -2.27. The molecule has 1 aromatic carbocycles. The Morgan fingerprint density at radius 1 is 1.14 bits per heavy atom. The van der Waals surface area contributed by atoms with Gasteiger partial charge in [-0.2, -0.15) is 13.2 Å². The van der Waals surface area contributed by atoms with Crippen LogP contribution in [0.15, 0.2) is 24.3 Å². The molecule has 2 aromatic heterocycles. The van der Waals surface area contributed by atoms with Crippen LogP contribution in [0.25, 0.3) is 10.2 Å². The Balaban J connectivity index is 1.88. The van der Waals surface area contributed by atoms with E-state index in [1.54, 1.807) is 0 Å². The van der Waals surface area contributed by atoms with E-state index in [0.717, 1.165) is 32.4 Å². The minimum absolute atomic E-state index is 0.216. The van der Waals surface area contributed by atoms with E-state index in [0.29, 0.717) is 32.1 Å². The third-order valence-corrected chi connectivity index (χ3v) is 7.50. The average molecular weight is 649 g/mol. The number of likely N-dealkylation sites (N-methyl/N-ethyl adjacent to an activating group) is 1. The van der Waals surface area contributed by atoms with Crippen LogP contribution in [0.1, 0.15) is 36.0 Å². The molecule has 3 heterocycles. The topological polar surface area (TPSA) is 109 Å². The SMILES string of the molecule is COC(=O)c1cc2c(C(F)(F)F)cc(N3C(=O)N(C(=O)OC(C)(C)C)CC3C(=O)N(C)c3ccc(F)c(Cl)c3F)nc2s1. The summed E-state index contributed by atoms with van der Waals surface area (Å²) < 4.78 is 81.0. The van der Waals surface area contributed by atoms with E-state index in [1.807, 2.05) is 0 Å². The number of alkyl halides is 3. The Morgan fingerprint density at radius 3 is 2.37 bits per heavy atom. The van der Waals surface area contributed by atoms with E-state index in [4.69, 9.17) is 16.3 Å². The molecule has 0 radical (unpaired) electrons. The summed E-state index contributed by atoms with van der Waals surface area (Å²) in [6.07, 6.45) is -6.22. The highest BCUT2D eigenvalue weighted by atomic mass is 35.5. The molecule has 0 spiro atoms. The number of esters is 1. The Labute approximate surface area is 249 Å². The van der Waals surface area contributed by atoms with Gasteiger partial charge in [-0.1, -0.05) is 11.6 Å². The van der Waals surface area contributed by atoms with Gasteiger partial charge in [0.25, 0.3) is 5.91 Å². The van der Waals surface area contributed by atoms with Crippen molar-refractivity contribution in [3.8, 4) is 0 Å². The number of aromatic nitrogens is 1. The number of hydrogen-bond donors (Lipinski definition) is 0. The van der Waals surface area contributed by atoms with Gasteiger partial charge in [-0.3, -0.25) is 9.69 Å². The van der Waals surface area contributed by atoms with Crippen LogP contribution in [0.2, 0.25) is 5.02 Å². The molecule has 0 bridgehead atoms. The zero-order valence-electron chi connectivity index (χ0n) is 23.0. The summed E-state index contributed by atoms with van der Waals surface area (Å²) >= 11 is 6.19. The molecule has 10 nitrogen and oxygen atoms in total. The first-order chi connectivity index (χ1) is 19.9. The average Bonchev–Trinajstić information content (AvgIpc) is 3.49. The maximum atomic E-state index is 14.8. The Kier molecular flexibility index (Phi) is 8.32. The highest BCUT2D eigenvalue weighted by Gasteiger charge is 2.49. The third-order valence-electron chi connectivity index (χ3n) is 6.14. The van der Waals surface area contributed by atoms with E-state index in [2.05, 4.69) is 9.72 Å². The number of imide groups is 1. The van der Waals surface area contributed by atoms with Crippen molar-refractivity contribution in [3.63, 3.8) is 0 Å². The number of anilines is 2. The number of nitrogens with zero attached hydrogens (tertiary/aromatic N) is 4. The van der Waals surface area contributed by atoms with Crippen molar-refractivity contribution in [1.29, 1.82) is 0 Å². The van der Waals surface area contributed by atoms with Crippen molar-refractivity contribution in [3.05, 3.63) is 51.4 Å². The number of carbonyl (C=O) groups is 4. The normalized spacial score (nSPS) is 15.7. The largest absolute Gasteiger partial charge is 0.465 e. The van der Waals surface area contributed by atoms with Gasteiger partial charge in [-0.05, 0) is 45.0 Å². The number of hydrogen-bond acceptors (Lipinski definition) is 8. The quantitative estimate of drug-likeness (QED) is 0.187. The highest BCUT2D eigenvalue weighted by molar-refractivity contribution is 7.20. The summed E-state index contributed by atoms with van der Waals surface area (Å²) in [5.74, 6) is -5.14. The van der Waals surface area contributed by atoms with E-state index < -0.39 is 87.5 Å². The molecule has 3 aromatic rings. The number of ether oxygens (including phenoxy) is 2. The maximum absolute atomic E-state index is 14.8. The number of fused-ring (bicyclic) bond motifs is 1. The zero-order chi connectivity index (χ0) is 32.2. The van der Waals surface area contributed by atoms with Crippen LogP contribution in [0.3, 0.4) is 0 Å². The number of carbonyl (C=O) groups excluding carboxylic acids is 4. The van der Waals surface area contributed by atoms with Crippen LogP contribution in [0.4, 0.5) is 43.0 Å². The fourth-order valence-corrected chi connectivity index (χ4v) is 5.32. The molecule has 1 aliphatic rings. The van der Waals surface area contributed by atoms with Gasteiger partial charge >= 0.3 is 24.3 Å². The molecule has 1 unspecified atom stereocenters. The van der Waals surface area contributed by atoms with Crippen molar-refractivity contribution in [1.82, 2.24) is 9.88 Å². The molecule has 4 rings (SSSR count). The minimum atomic E-state index is -5.01. The van der Waals surface area contributed by atoms with Crippen molar-refractivity contribution in [2.24, 2.45) is 0 Å². The second-order valence-electron chi connectivity index (χ2n) is 10.2. The standard InChI is InChI=1S/C26H22ClF5N4O6S/c1-25(2,3)42-24(40)35-10-15(21(37)34(4)14-7-6-13(28)18(27)19(14)29)36(23(35)39)17-9-12(26(30,31)32)11-8-16(22(38)41-5)43-20(11)33-17/h6-9,15H,10H2,1-5H3. The van der Waals surface area contributed by atoms with Gasteiger partial charge in [0.1, 0.15) is 38.0 Å². The first-order valence-corrected chi connectivity index (χ1v) is 13.4. The summed E-state index contributed by atoms with van der Waals surface area (Å²) in [4.78, 5) is 57.5. The lowest BCUT2D eigenvalue weighted by Crippen LogP contribution is -2.47. The second-order valence-corrected chi connectivity index (χ2v) is 11.6. The number of rotatable bonds is 4. The highest BCUT2D eigenvalue weighted by Crippen LogP contribution is 2.41. The number of halogens is 6. The number of urea groups is 1. The van der Waals surface area contributed by atoms with Crippen molar-refractivity contribution < 1.29 is 50.6 Å². The lowest BCUT2D eigenvalue weighted by atomic mass is 10.1. The minimum Gasteiger partial charge on any atom is -0.465 e. The third kappa shape index (κ3) is 6.06. The molecule has 0 aliphatic carbocycles. The van der Waals surface area contributed by atoms with Gasteiger partial charge in [0.15, 0.2) is 5.82 Å². The van der Waals surface area contributed by atoms with Crippen molar-refractivity contribution >= 4 is 68.7 Å². The smallest absolute Gasteiger partial charge is 0.418 e. The lowest BCUT2D eigenvalue weighted by molar-refractivity contribution is -0.136. The van der Waals surface area contributed by atoms with Crippen molar-refractivity contribution in [2.45, 2.75) is 38.6 Å². The van der Waals surface area contributed by atoms with Crippen LogP contribution in [-0.4, -0.2) is 66.2 Å². The number of thiophene rings is 1. The first kappa shape index (κ1) is 31.9. The molecule has 17 heteroatoms. The van der Waals surface area contributed by atoms with Crippen LogP contribution in [0.5, 0.6) is 0 Å². The molecule has 4 amide bonds. The van der Waals surface area contributed by atoms with Gasteiger partial charge < -0.3 is 14.4 Å². The molecule has 1 saturated heterocycles. The van der Waals surface area contributed by atoms with Crippen LogP contribution < -0.4 is 9.80 Å². The molecule has 0 N–H and O–H groups in total. The van der Waals surface area contributed by atoms with Crippen molar-refractivity contribution in [2.75, 3.05) is 30.5 Å². The molecule has 1 atom stereocenters. The van der Waals surface area contributed by atoms with Gasteiger partial charge in [0.2, 0.25) is 0 Å². The predicted octanol–water partition coefficient (Wildman–Crippen LogP) is 6.24. The Morgan fingerprint density at radius 2 is 1.79 bits per heavy atom. The van der Waals surface area contributed by atoms with E-state index >= 15 is 0 Å². The second kappa shape index (κ2) is 11.2. The number of benzene rings is 1. The summed E-state index contributed by atoms with van der Waals surface area (Å²) in [5.41, 5.74) is -2.91. The molecule has 1 aliphatic heterocycles. The fraction of sp³-hybridized carbons (Fsp3) is 0.346. The van der Waals surface area contributed by atoms with E-state index in [1.165, 1.54) is 20.8 Å². The van der Waals surface area contributed by atoms with E-state index in [9.17, 15) is 41.1 Å². The van der Waals surface area contributed by atoms with Crippen LogP contribution in [0, 0.1) is 11.6 Å². The Bertz CT molecular complexity index is 1660. The predicted molar refractivity (Wildman–Crippen MR) is 145 cm³/mol. The number of methoxy groups -OCH3 is 1. The van der Waals surface area contributed by atoms with Crippen LogP contribution in [-0.2, 0) is 20.4 Å². The van der Waals surface area contributed by atoms with Gasteiger partial charge in [-0.15, -0.1) is 11.3 Å². The number of pyridine rings is 1. The molecule has 1 fully saturated rings. The molecule has 0 saturated carbocycles. The van der Waals surface area contributed by atoms with E-state index in [-0.39, 0.29) is 9.71 Å². The van der Waals surface area contributed by atoms with Gasteiger partial charge in [0.05, 0.1) is 24.9 Å². The first-order valence-electron chi connectivity index (χ1n) is 12.2. The van der Waals surface area contributed by atoms with Crippen LogP contribution >= 0.6 is 22.9 Å². The van der Waals surface area contributed by atoms with Gasteiger partial charge in [-0.25, -0.2) is 33.0 Å². The van der Waals surface area contributed by atoms with Gasteiger partial charge in [0, 0.05) is 12.4 Å². The fourth-order valence-electron chi connectivity index (χ4n) is 4.19. The Hall–Kier alpha value is -4.05. The maximum Gasteiger partial charge on any atom is 0.418 e. The number of amides is 4. The molecule has 43 heavy (non-hydrogen) atoms. The summed E-state index contributed by atoms with van der Waals surface area (Å²) in [6, 6.07) is 0.0928. The molecular weight excluding hydrogens is 627 g/mol. The summed E-state index contributed by atoms with van der Waals surface area (Å²) in [7, 11) is 2.10. The molecular formula is C26H22ClF5N4O6S. The summed E-state index contributed by atoms with van der Waals surface area (Å²) in [5, 5.41) is -1.40. The summed E-state index contributed by atoms with van der Waals surface area (Å²) in [6.45, 7) is 3.77.